The molecule has 58 heavy (non-hydrogen) atoms. The van der Waals surface area contributed by atoms with Crippen LogP contribution in [0.3, 0.4) is 0 Å². The van der Waals surface area contributed by atoms with Crippen LogP contribution in [-0.4, -0.2) is 52.2 Å². The largest absolute Gasteiger partial charge is 0.451 e. The van der Waals surface area contributed by atoms with E-state index in [4.69, 9.17) is 0 Å². The molecule has 294 valence electrons. The molecule has 2 heterocycles. The lowest BCUT2D eigenvalue weighted by Crippen LogP contribution is -2.17. The normalized spacial score (nSPS) is 13.1. The number of alkyl halides is 6. The maximum absolute atomic E-state index is 14.6. The van der Waals surface area contributed by atoms with Crippen molar-refractivity contribution in [3.8, 4) is 45.9 Å². The third kappa shape index (κ3) is 7.91. The van der Waals surface area contributed by atoms with Gasteiger partial charge in [-0.05, 0) is 45.8 Å². The van der Waals surface area contributed by atoms with Gasteiger partial charge in [0.2, 0.25) is 11.6 Å². The zero-order valence-electron chi connectivity index (χ0n) is 34.4. The molecule has 0 spiro atoms. The van der Waals surface area contributed by atoms with E-state index >= 15 is 0 Å². The number of nitrogens with zero attached hydrogens (tertiary/aromatic N) is 4. The van der Waals surface area contributed by atoms with Gasteiger partial charge in [-0.25, -0.2) is 19.9 Å². The van der Waals surface area contributed by atoms with Gasteiger partial charge < -0.3 is 0 Å². The summed E-state index contributed by atoms with van der Waals surface area (Å²) in [5.74, 6) is 10.3. The Bertz CT molecular complexity index is 2750. The zero-order chi connectivity index (χ0) is 42.7. The third-order valence-electron chi connectivity index (χ3n) is 8.95. The molecule has 2 aromatic heterocycles. The Balaban J connectivity index is 1.87. The number of benzene rings is 5. The topological polar surface area (TPSA) is 51.6 Å². The van der Waals surface area contributed by atoms with Crippen LogP contribution in [-0.2, 0) is 12.4 Å². The van der Waals surface area contributed by atoms with Gasteiger partial charge >= 0.3 is 12.4 Å². The van der Waals surface area contributed by atoms with Gasteiger partial charge in [-0.1, -0.05) is 102 Å². The molecule has 0 N–H and O–H groups in total. The van der Waals surface area contributed by atoms with E-state index in [9.17, 15) is 26.3 Å². The van der Waals surface area contributed by atoms with Crippen LogP contribution in [0.15, 0.2) is 24.3 Å². The highest BCUT2D eigenvalue weighted by Crippen LogP contribution is 2.48. The van der Waals surface area contributed by atoms with E-state index in [-0.39, 0.29) is 44.3 Å². The van der Waals surface area contributed by atoms with Crippen molar-refractivity contribution in [3.05, 3.63) is 58.2 Å². The lowest BCUT2D eigenvalue weighted by molar-refractivity contribution is -0.145. The Labute approximate surface area is 337 Å². The van der Waals surface area contributed by atoms with Crippen LogP contribution < -0.4 is 0 Å². The van der Waals surface area contributed by atoms with Crippen LogP contribution in [0.4, 0.5) is 26.3 Å². The van der Waals surface area contributed by atoms with Gasteiger partial charge in [0, 0.05) is 21.5 Å². The smallest absolute Gasteiger partial charge is 0.223 e. The van der Waals surface area contributed by atoms with Crippen molar-refractivity contribution in [2.75, 3.05) is 0 Å². The van der Waals surface area contributed by atoms with Crippen LogP contribution in [0.5, 0.6) is 0 Å². The average Bonchev–Trinajstić information content (AvgIpc) is 3.07. The molecule has 0 radical (unpaired) electrons. The van der Waals surface area contributed by atoms with E-state index in [1.165, 1.54) is 0 Å². The van der Waals surface area contributed by atoms with Crippen LogP contribution in [0.1, 0.15) is 33.9 Å². The van der Waals surface area contributed by atoms with Crippen molar-refractivity contribution in [3.63, 3.8) is 0 Å². The Kier molecular flexibility index (Phi) is 9.43. The molecule has 0 saturated heterocycles. The first kappa shape index (κ1) is 41.2. The van der Waals surface area contributed by atoms with E-state index in [0.29, 0.717) is 43.1 Å². The van der Waals surface area contributed by atoms with Crippen molar-refractivity contribution in [2.45, 2.75) is 90.9 Å². The quantitative estimate of drug-likeness (QED) is 0.0501. The highest BCUT2D eigenvalue weighted by Gasteiger charge is 2.38. The van der Waals surface area contributed by atoms with Gasteiger partial charge in [0.25, 0.3) is 0 Å². The summed E-state index contributed by atoms with van der Waals surface area (Å²) in [6, 6.07) is 7.03. The maximum atomic E-state index is 14.6. The summed E-state index contributed by atoms with van der Waals surface area (Å²) in [6.07, 6.45) is -9.73. The number of rotatable bonds is 0. The van der Waals surface area contributed by atoms with Crippen LogP contribution in [0, 0.1) is 45.9 Å². The molecule has 0 bridgehead atoms. The van der Waals surface area contributed by atoms with E-state index in [1.54, 1.807) is 24.3 Å². The molecular weight excluding hydrogens is 811 g/mol. The summed E-state index contributed by atoms with van der Waals surface area (Å²) in [6.45, 7) is 24.4. The summed E-state index contributed by atoms with van der Waals surface area (Å²) in [4.78, 5) is 16.7. The van der Waals surface area contributed by atoms with Gasteiger partial charge in [-0.2, -0.15) is 26.3 Å². The zero-order valence-corrected chi connectivity index (χ0v) is 38.4. The highest BCUT2D eigenvalue weighted by molar-refractivity contribution is 6.85. The Morgan fingerprint density at radius 1 is 0.362 bits per heavy atom. The number of hydrogen-bond donors (Lipinski definition) is 0. The fourth-order valence-corrected chi connectivity index (χ4v) is 8.69. The number of hydrogen-bond acceptors (Lipinski definition) is 4. The summed E-state index contributed by atoms with van der Waals surface area (Å²) >= 11 is 0. The predicted molar refractivity (Wildman–Crippen MR) is 236 cm³/mol. The van der Waals surface area contributed by atoms with Crippen molar-refractivity contribution in [1.82, 2.24) is 19.9 Å². The standard InChI is InChI=1S/C44H40F6N4Si4/c1-55(2,3)17-13-25-21-29-30-22-27(15-19-57(7,8)9)39-36-34(30)32(24-28(16-20-58(10,11)12)40(36)54-42(53-39)44(48,49)50)31-23-26(14-18-56(4,5)6)38-35(33(29)31)37(25)51-41(52-38)43(45,46)47/h21-24H,1-12H3. The average molecular weight is 851 g/mol. The first-order valence-corrected chi connectivity index (χ1v) is 32.7. The van der Waals surface area contributed by atoms with Crippen molar-refractivity contribution in [1.29, 1.82) is 0 Å². The second kappa shape index (κ2) is 13.3. The van der Waals surface area contributed by atoms with Crippen LogP contribution in [0.25, 0.3) is 65.2 Å². The molecule has 7 aromatic rings. The monoisotopic (exact) mass is 850 g/mol. The van der Waals surface area contributed by atoms with Gasteiger partial charge in [0.15, 0.2) is 0 Å². The Hall–Kier alpha value is -4.97. The maximum Gasteiger partial charge on any atom is 0.451 e. The fourth-order valence-electron chi connectivity index (χ4n) is 6.65. The Morgan fingerprint density at radius 3 is 0.741 bits per heavy atom. The van der Waals surface area contributed by atoms with E-state index < -0.39 is 56.3 Å². The third-order valence-corrected chi connectivity index (χ3v) is 12.4. The minimum atomic E-state index is -4.86. The molecule has 0 amide bonds. The van der Waals surface area contributed by atoms with E-state index in [1.807, 2.05) is 78.6 Å². The van der Waals surface area contributed by atoms with Crippen molar-refractivity contribution < 1.29 is 26.3 Å². The molecule has 5 aromatic carbocycles. The van der Waals surface area contributed by atoms with E-state index in [2.05, 4.69) is 65.8 Å². The van der Waals surface area contributed by atoms with Crippen LogP contribution >= 0.6 is 0 Å². The molecule has 0 aliphatic rings. The summed E-state index contributed by atoms with van der Waals surface area (Å²) in [5, 5.41) is 4.42. The Morgan fingerprint density at radius 2 is 0.569 bits per heavy atom. The second-order valence-electron chi connectivity index (χ2n) is 18.9. The number of aromatic nitrogens is 4. The first-order chi connectivity index (χ1) is 26.5. The summed E-state index contributed by atoms with van der Waals surface area (Å²) < 4.78 is 87.9. The predicted octanol–water partition coefficient (Wildman–Crippen LogP) is 12.0. The molecule has 0 aliphatic heterocycles. The molecule has 0 saturated carbocycles. The molecule has 4 nitrogen and oxygen atoms in total. The van der Waals surface area contributed by atoms with Gasteiger partial charge in [0.05, 0.1) is 44.3 Å². The minimum absolute atomic E-state index is 0.0562. The molecule has 0 aliphatic carbocycles. The molecule has 0 atom stereocenters. The highest BCUT2D eigenvalue weighted by atomic mass is 28.3. The molecule has 14 heteroatoms. The molecule has 0 unspecified atom stereocenters. The summed E-state index contributed by atoms with van der Waals surface area (Å²) in [5.41, 5.74) is 14.6. The fraction of sp³-hybridized carbons (Fsp3) is 0.318. The minimum Gasteiger partial charge on any atom is -0.223 e. The van der Waals surface area contributed by atoms with Crippen molar-refractivity contribution >= 4 is 97.5 Å². The molecule has 0 fully saturated rings. The SMILES string of the molecule is C[Si](C)(C)C#Cc1cc2c3cc(C#C[Si](C)(C)C)c4nc(C(F)(F)F)nc5c(C#C[Si](C)(C)C)cc(c6cc(C#C[Si](C)(C)C)c7nc(C(F)(F)F)nc1c7c26)c3c45. The van der Waals surface area contributed by atoms with E-state index in [0.717, 1.165) is 0 Å². The van der Waals surface area contributed by atoms with Crippen LogP contribution in [0.2, 0.25) is 78.6 Å². The lowest BCUT2D eigenvalue weighted by atomic mass is 9.84. The number of fused-ring (bicyclic) bond motifs is 2. The van der Waals surface area contributed by atoms with Gasteiger partial charge in [-0.15, -0.1) is 22.2 Å². The summed E-state index contributed by atoms with van der Waals surface area (Å²) in [7, 11) is -8.34. The lowest BCUT2D eigenvalue weighted by Gasteiger charge is -2.21. The van der Waals surface area contributed by atoms with Crippen molar-refractivity contribution in [2.24, 2.45) is 0 Å². The van der Waals surface area contributed by atoms with Gasteiger partial charge in [0.1, 0.15) is 32.3 Å². The first-order valence-electron chi connectivity index (χ1n) is 18.7. The molecule has 7 rings (SSSR count). The molecular formula is C44H40F6N4Si4. The number of halogens is 6. The second-order valence-corrected chi connectivity index (χ2v) is 37.9. The van der Waals surface area contributed by atoms with Gasteiger partial charge in [-0.3, -0.25) is 0 Å².